The van der Waals surface area contributed by atoms with Gasteiger partial charge < -0.3 is 4.74 Å². The number of hydrogen-bond donors (Lipinski definition) is 0. The van der Waals surface area contributed by atoms with E-state index in [-0.39, 0.29) is 12.6 Å². The summed E-state index contributed by atoms with van der Waals surface area (Å²) < 4.78 is 5.71. The first-order valence-electron chi connectivity index (χ1n) is 9.09. The van der Waals surface area contributed by atoms with Crippen molar-refractivity contribution in [1.29, 1.82) is 0 Å². The monoisotopic (exact) mass is 372 g/mol. The number of rotatable bonds is 5. The van der Waals surface area contributed by atoms with E-state index in [2.05, 4.69) is 0 Å². The Morgan fingerprint density at radius 2 is 1.43 bits per heavy atom. The van der Waals surface area contributed by atoms with Gasteiger partial charge in [0, 0.05) is 5.69 Å². The predicted octanol–water partition coefficient (Wildman–Crippen LogP) is 4.54. The fraction of sp³-hybridized carbons (Fsp3) is 0.130. The van der Waals surface area contributed by atoms with Gasteiger partial charge in [0.05, 0.1) is 0 Å². The quantitative estimate of drug-likeness (QED) is 0.618. The Labute approximate surface area is 163 Å². The molecule has 3 amide bonds. The van der Waals surface area contributed by atoms with E-state index in [0.717, 1.165) is 16.0 Å². The minimum atomic E-state index is -0.710. The lowest BCUT2D eigenvalue weighted by atomic mass is 10.1. The molecule has 0 bridgehead atoms. The molecule has 1 atom stereocenters. The summed E-state index contributed by atoms with van der Waals surface area (Å²) in [4.78, 5) is 29.0. The van der Waals surface area contributed by atoms with Crippen LogP contribution < -0.4 is 9.64 Å². The van der Waals surface area contributed by atoms with Gasteiger partial charge in [-0.25, -0.2) is 9.69 Å². The molecule has 4 rings (SSSR count). The fourth-order valence-corrected chi connectivity index (χ4v) is 3.26. The van der Waals surface area contributed by atoms with E-state index in [4.69, 9.17) is 4.74 Å². The fourth-order valence-electron chi connectivity index (χ4n) is 3.26. The second-order valence-electron chi connectivity index (χ2n) is 6.65. The van der Waals surface area contributed by atoms with Crippen LogP contribution in [0.25, 0.3) is 0 Å². The van der Waals surface area contributed by atoms with Gasteiger partial charge in [0.25, 0.3) is 5.91 Å². The van der Waals surface area contributed by atoms with Crippen molar-refractivity contribution in [3.8, 4) is 5.75 Å². The molecular formula is C23H20N2O3. The number of nitrogens with zero attached hydrogens (tertiary/aromatic N) is 2. The molecular weight excluding hydrogens is 352 g/mol. The lowest BCUT2D eigenvalue weighted by molar-refractivity contribution is -0.129. The highest BCUT2D eigenvalue weighted by molar-refractivity contribution is 6.14. The Hall–Kier alpha value is -3.60. The van der Waals surface area contributed by atoms with Gasteiger partial charge in [-0.1, -0.05) is 66.2 Å². The number of para-hydroxylation sites is 1. The van der Waals surface area contributed by atoms with Crippen molar-refractivity contribution in [1.82, 2.24) is 4.90 Å². The lowest BCUT2D eigenvalue weighted by Crippen LogP contribution is -2.36. The first-order chi connectivity index (χ1) is 13.6. The number of ether oxygens (including phenoxy) is 1. The summed E-state index contributed by atoms with van der Waals surface area (Å²) >= 11 is 0. The van der Waals surface area contributed by atoms with Crippen molar-refractivity contribution in [3.05, 3.63) is 96.1 Å². The highest BCUT2D eigenvalue weighted by atomic mass is 16.5. The Morgan fingerprint density at radius 3 is 2.07 bits per heavy atom. The molecule has 1 fully saturated rings. The van der Waals surface area contributed by atoms with E-state index in [1.807, 2.05) is 91.9 Å². The van der Waals surface area contributed by atoms with Crippen LogP contribution in [-0.4, -0.2) is 23.6 Å². The Kier molecular flexibility index (Phi) is 4.81. The number of imide groups is 1. The molecule has 28 heavy (non-hydrogen) atoms. The second-order valence-corrected chi connectivity index (χ2v) is 6.65. The summed E-state index contributed by atoms with van der Waals surface area (Å²) in [5.74, 6) is 0.313. The highest BCUT2D eigenvalue weighted by Crippen LogP contribution is 2.35. The first kappa shape index (κ1) is 17.8. The van der Waals surface area contributed by atoms with Gasteiger partial charge in [-0.05, 0) is 36.8 Å². The van der Waals surface area contributed by atoms with E-state index in [0.29, 0.717) is 11.4 Å². The van der Waals surface area contributed by atoms with E-state index in [1.54, 1.807) is 0 Å². The summed E-state index contributed by atoms with van der Waals surface area (Å²) in [6, 6.07) is 24.9. The zero-order valence-electron chi connectivity index (χ0n) is 15.5. The van der Waals surface area contributed by atoms with Gasteiger partial charge in [-0.2, -0.15) is 0 Å². The Morgan fingerprint density at radius 1 is 0.821 bits per heavy atom. The minimum absolute atomic E-state index is 0.132. The second kappa shape index (κ2) is 7.56. The number of benzene rings is 3. The lowest BCUT2D eigenvalue weighted by Gasteiger charge is -2.22. The number of carbonyl (C=O) groups is 2. The minimum Gasteiger partial charge on any atom is -0.472 e. The normalized spacial score (nSPS) is 16.5. The molecule has 0 spiro atoms. The number of urea groups is 1. The number of aryl methyl sites for hydroxylation is 1. The van der Waals surface area contributed by atoms with Crippen LogP contribution in [0.5, 0.6) is 5.75 Å². The number of amides is 3. The first-order valence-corrected chi connectivity index (χ1v) is 9.09. The van der Waals surface area contributed by atoms with Crippen molar-refractivity contribution >= 4 is 17.6 Å². The van der Waals surface area contributed by atoms with E-state index in [9.17, 15) is 9.59 Å². The van der Waals surface area contributed by atoms with Crippen LogP contribution >= 0.6 is 0 Å². The molecule has 3 aromatic rings. The predicted molar refractivity (Wildman–Crippen MR) is 107 cm³/mol. The maximum Gasteiger partial charge on any atom is 0.335 e. The average molecular weight is 372 g/mol. The smallest absolute Gasteiger partial charge is 0.335 e. The van der Waals surface area contributed by atoms with Gasteiger partial charge >= 0.3 is 6.03 Å². The van der Waals surface area contributed by atoms with Crippen LogP contribution in [0.15, 0.2) is 84.9 Å². The third-order valence-corrected chi connectivity index (χ3v) is 4.73. The van der Waals surface area contributed by atoms with Gasteiger partial charge in [-0.15, -0.1) is 0 Å². The molecule has 0 aromatic heterocycles. The van der Waals surface area contributed by atoms with E-state index in [1.165, 1.54) is 4.90 Å². The van der Waals surface area contributed by atoms with Crippen LogP contribution in [0.1, 0.15) is 17.2 Å². The Bertz CT molecular complexity index is 914. The number of anilines is 1. The molecule has 1 aliphatic heterocycles. The maximum absolute atomic E-state index is 13.2. The van der Waals surface area contributed by atoms with Crippen LogP contribution in [0, 0.1) is 6.92 Å². The molecule has 1 heterocycles. The molecule has 5 heteroatoms. The maximum atomic E-state index is 13.2. The molecule has 1 saturated heterocycles. The largest absolute Gasteiger partial charge is 0.472 e. The molecule has 3 aromatic carbocycles. The topological polar surface area (TPSA) is 49.9 Å². The summed E-state index contributed by atoms with van der Waals surface area (Å²) in [6.45, 7) is 1.85. The van der Waals surface area contributed by atoms with Crippen LogP contribution in [0.3, 0.4) is 0 Å². The number of hydrogen-bond acceptors (Lipinski definition) is 3. The van der Waals surface area contributed by atoms with Crippen molar-refractivity contribution in [2.75, 3.05) is 11.6 Å². The van der Waals surface area contributed by atoms with Crippen molar-refractivity contribution in [2.45, 2.75) is 13.0 Å². The van der Waals surface area contributed by atoms with E-state index >= 15 is 0 Å². The average Bonchev–Trinajstić information content (AvgIpc) is 2.99. The third-order valence-electron chi connectivity index (χ3n) is 4.73. The van der Waals surface area contributed by atoms with Gasteiger partial charge in [0.15, 0.2) is 6.73 Å². The van der Waals surface area contributed by atoms with Crippen molar-refractivity contribution in [3.63, 3.8) is 0 Å². The van der Waals surface area contributed by atoms with Crippen LogP contribution in [-0.2, 0) is 4.79 Å². The SMILES string of the molecule is Cc1ccc(OCN2C(=O)C(c3ccccc3)N(c3ccccc3)C2=O)cc1. The molecule has 0 saturated carbocycles. The standard InChI is InChI=1S/C23H20N2O3/c1-17-12-14-20(15-13-17)28-16-24-22(26)21(18-8-4-2-5-9-18)25(23(24)27)19-10-6-3-7-11-19/h2-15,21H,16H2,1H3. The summed E-state index contributed by atoms with van der Waals surface area (Å²) in [7, 11) is 0. The molecule has 0 radical (unpaired) electrons. The van der Waals surface area contributed by atoms with Gasteiger partial charge in [0.2, 0.25) is 0 Å². The van der Waals surface area contributed by atoms with E-state index < -0.39 is 12.1 Å². The summed E-state index contributed by atoms with van der Waals surface area (Å²) in [6.07, 6.45) is 0. The summed E-state index contributed by atoms with van der Waals surface area (Å²) in [5.41, 5.74) is 2.55. The molecule has 0 N–H and O–H groups in total. The van der Waals surface area contributed by atoms with Gasteiger partial charge in [-0.3, -0.25) is 9.69 Å². The highest BCUT2D eigenvalue weighted by Gasteiger charge is 2.47. The zero-order valence-corrected chi connectivity index (χ0v) is 15.5. The van der Waals surface area contributed by atoms with Crippen molar-refractivity contribution in [2.24, 2.45) is 0 Å². The molecule has 5 nitrogen and oxygen atoms in total. The molecule has 1 unspecified atom stereocenters. The van der Waals surface area contributed by atoms with Crippen molar-refractivity contribution < 1.29 is 14.3 Å². The molecule has 140 valence electrons. The number of carbonyl (C=O) groups excluding carboxylic acids is 2. The molecule has 0 aliphatic carbocycles. The van der Waals surface area contributed by atoms with Crippen LogP contribution in [0.2, 0.25) is 0 Å². The molecule has 1 aliphatic rings. The van der Waals surface area contributed by atoms with Gasteiger partial charge in [0.1, 0.15) is 11.8 Å². The Balaban J connectivity index is 1.64. The summed E-state index contributed by atoms with van der Waals surface area (Å²) in [5, 5.41) is 0. The zero-order chi connectivity index (χ0) is 19.5. The van der Waals surface area contributed by atoms with Crippen LogP contribution in [0.4, 0.5) is 10.5 Å². The third kappa shape index (κ3) is 3.34.